The molecule has 5 heteroatoms. The minimum atomic E-state index is -0.00243. The summed E-state index contributed by atoms with van der Waals surface area (Å²) in [7, 11) is 3.51. The van der Waals surface area contributed by atoms with Crippen LogP contribution in [0.4, 0.5) is 4.79 Å². The summed E-state index contributed by atoms with van der Waals surface area (Å²) in [5.74, 6) is 0.0886. The lowest BCUT2D eigenvalue weighted by molar-refractivity contribution is -0.126. The maximum atomic E-state index is 12.4. The first-order valence-corrected chi connectivity index (χ1v) is 7.80. The molecule has 1 fully saturated rings. The summed E-state index contributed by atoms with van der Waals surface area (Å²) in [4.78, 5) is 27.6. The van der Waals surface area contributed by atoms with Crippen molar-refractivity contribution in [3.8, 4) is 0 Å². The molecule has 0 saturated carbocycles. The molecular formula is C17H25N3O2. The highest BCUT2D eigenvalue weighted by Crippen LogP contribution is 2.20. The number of nitrogens with one attached hydrogen (secondary N) is 1. The molecule has 5 nitrogen and oxygen atoms in total. The van der Waals surface area contributed by atoms with Crippen molar-refractivity contribution < 1.29 is 9.59 Å². The molecule has 120 valence electrons. The van der Waals surface area contributed by atoms with Crippen molar-refractivity contribution in [3.63, 3.8) is 0 Å². The van der Waals surface area contributed by atoms with Gasteiger partial charge >= 0.3 is 6.03 Å². The number of carbonyl (C=O) groups excluding carboxylic acids is 2. The Morgan fingerprint density at radius 2 is 1.77 bits per heavy atom. The molecule has 0 bridgehead atoms. The largest absolute Gasteiger partial charge is 0.349 e. The number of likely N-dealkylation sites (tertiary alicyclic amines) is 1. The number of rotatable bonds is 3. The maximum Gasteiger partial charge on any atom is 0.319 e. The number of urea groups is 1. The number of carbonyl (C=O) groups is 2. The predicted octanol–water partition coefficient (Wildman–Crippen LogP) is 2.26. The molecule has 1 aliphatic rings. The number of benzene rings is 1. The minimum Gasteiger partial charge on any atom is -0.349 e. The van der Waals surface area contributed by atoms with E-state index in [0.717, 1.165) is 18.4 Å². The van der Waals surface area contributed by atoms with Crippen LogP contribution in [-0.4, -0.2) is 48.9 Å². The normalized spacial score (nSPS) is 17.0. The third-order valence-electron chi connectivity index (χ3n) is 4.18. The van der Waals surface area contributed by atoms with Gasteiger partial charge in [-0.25, -0.2) is 4.79 Å². The maximum absolute atomic E-state index is 12.4. The minimum absolute atomic E-state index is 0.00243. The smallest absolute Gasteiger partial charge is 0.319 e. The molecule has 1 heterocycles. The third-order valence-corrected chi connectivity index (χ3v) is 4.18. The standard InChI is InChI=1S/C17H25N3O2/c1-13(14-7-5-4-6-8-14)18-16(21)15-9-11-20(12-10-15)17(22)19(2)3/h4-8,13,15H,9-12H2,1-3H3,(H,18,21)/t13-/m1/s1. The Bertz CT molecular complexity index is 508. The molecule has 1 saturated heterocycles. The fourth-order valence-electron chi connectivity index (χ4n) is 2.77. The van der Waals surface area contributed by atoms with Gasteiger partial charge in [-0.1, -0.05) is 30.3 Å². The van der Waals surface area contributed by atoms with E-state index in [0.29, 0.717) is 13.1 Å². The zero-order chi connectivity index (χ0) is 16.1. The molecule has 0 spiro atoms. The average Bonchev–Trinajstić information content (AvgIpc) is 2.55. The van der Waals surface area contributed by atoms with Crippen LogP contribution in [0.5, 0.6) is 0 Å². The van der Waals surface area contributed by atoms with Crippen LogP contribution in [0.1, 0.15) is 31.4 Å². The van der Waals surface area contributed by atoms with Crippen LogP contribution >= 0.6 is 0 Å². The second kappa shape index (κ2) is 7.29. The van der Waals surface area contributed by atoms with Gasteiger partial charge in [0.15, 0.2) is 0 Å². The van der Waals surface area contributed by atoms with Crippen LogP contribution < -0.4 is 5.32 Å². The van der Waals surface area contributed by atoms with E-state index in [-0.39, 0.29) is 23.9 Å². The average molecular weight is 303 g/mol. The quantitative estimate of drug-likeness (QED) is 0.931. The fraction of sp³-hybridized carbons (Fsp3) is 0.529. The predicted molar refractivity (Wildman–Crippen MR) is 86.4 cm³/mol. The summed E-state index contributed by atoms with van der Waals surface area (Å²) < 4.78 is 0. The molecule has 0 aliphatic carbocycles. The lowest BCUT2D eigenvalue weighted by Gasteiger charge is -2.33. The Labute approximate surface area is 132 Å². The molecule has 2 rings (SSSR count). The molecule has 1 N–H and O–H groups in total. The zero-order valence-electron chi connectivity index (χ0n) is 13.6. The van der Waals surface area contributed by atoms with E-state index >= 15 is 0 Å². The summed E-state index contributed by atoms with van der Waals surface area (Å²) in [5, 5.41) is 3.08. The van der Waals surface area contributed by atoms with Gasteiger partial charge in [0.05, 0.1) is 6.04 Å². The Morgan fingerprint density at radius 1 is 1.18 bits per heavy atom. The summed E-state index contributed by atoms with van der Waals surface area (Å²) in [6.45, 7) is 3.29. The second-order valence-electron chi connectivity index (χ2n) is 6.08. The molecule has 0 radical (unpaired) electrons. The fourth-order valence-corrected chi connectivity index (χ4v) is 2.77. The van der Waals surface area contributed by atoms with E-state index in [1.54, 1.807) is 19.0 Å². The van der Waals surface area contributed by atoms with Crippen molar-refractivity contribution in [1.82, 2.24) is 15.1 Å². The van der Waals surface area contributed by atoms with E-state index in [9.17, 15) is 9.59 Å². The topological polar surface area (TPSA) is 52.7 Å². The van der Waals surface area contributed by atoms with Gasteiger partial charge in [0.25, 0.3) is 0 Å². The molecule has 1 aromatic rings. The second-order valence-corrected chi connectivity index (χ2v) is 6.08. The Morgan fingerprint density at radius 3 is 2.32 bits per heavy atom. The summed E-state index contributed by atoms with van der Waals surface area (Å²) in [5.41, 5.74) is 1.11. The summed E-state index contributed by atoms with van der Waals surface area (Å²) >= 11 is 0. The highest BCUT2D eigenvalue weighted by atomic mass is 16.2. The van der Waals surface area contributed by atoms with Crippen molar-refractivity contribution in [2.45, 2.75) is 25.8 Å². The number of piperidine rings is 1. The van der Waals surface area contributed by atoms with Crippen molar-refractivity contribution in [3.05, 3.63) is 35.9 Å². The molecule has 1 aromatic carbocycles. The van der Waals surface area contributed by atoms with Gasteiger partial charge < -0.3 is 15.1 Å². The highest BCUT2D eigenvalue weighted by Gasteiger charge is 2.28. The Balaban J connectivity index is 1.84. The molecular weight excluding hydrogens is 278 g/mol. The van der Waals surface area contributed by atoms with Crippen molar-refractivity contribution in [2.75, 3.05) is 27.2 Å². The van der Waals surface area contributed by atoms with Crippen molar-refractivity contribution >= 4 is 11.9 Å². The SMILES string of the molecule is C[C@@H](NC(=O)C1CCN(C(=O)N(C)C)CC1)c1ccccc1. The zero-order valence-corrected chi connectivity index (χ0v) is 13.6. The monoisotopic (exact) mass is 303 g/mol. The molecule has 3 amide bonds. The van der Waals surface area contributed by atoms with Crippen LogP contribution in [0.15, 0.2) is 30.3 Å². The molecule has 0 unspecified atom stereocenters. The van der Waals surface area contributed by atoms with Crippen molar-refractivity contribution in [2.24, 2.45) is 5.92 Å². The molecule has 22 heavy (non-hydrogen) atoms. The summed E-state index contributed by atoms with van der Waals surface area (Å²) in [6, 6.07) is 9.99. The van der Waals surface area contributed by atoms with Gasteiger partial charge in [-0.15, -0.1) is 0 Å². The first-order chi connectivity index (χ1) is 10.5. The van der Waals surface area contributed by atoms with Gasteiger partial charge in [-0.05, 0) is 25.3 Å². The van der Waals surface area contributed by atoms with Gasteiger partial charge in [-0.2, -0.15) is 0 Å². The van der Waals surface area contributed by atoms with Crippen molar-refractivity contribution in [1.29, 1.82) is 0 Å². The van der Waals surface area contributed by atoms with Crippen LogP contribution in [0.2, 0.25) is 0 Å². The number of hydrogen-bond donors (Lipinski definition) is 1. The van der Waals surface area contributed by atoms with Crippen LogP contribution in [-0.2, 0) is 4.79 Å². The van der Waals surface area contributed by atoms with Crippen LogP contribution in [0.25, 0.3) is 0 Å². The van der Waals surface area contributed by atoms with E-state index in [2.05, 4.69) is 5.32 Å². The van der Waals surface area contributed by atoms with Gasteiger partial charge in [0.2, 0.25) is 5.91 Å². The highest BCUT2D eigenvalue weighted by molar-refractivity contribution is 5.80. The molecule has 1 atom stereocenters. The van der Waals surface area contributed by atoms with E-state index in [1.165, 1.54) is 0 Å². The number of amides is 3. The summed E-state index contributed by atoms with van der Waals surface area (Å²) in [6.07, 6.45) is 1.46. The number of nitrogens with zero attached hydrogens (tertiary/aromatic N) is 2. The van der Waals surface area contributed by atoms with E-state index in [1.807, 2.05) is 42.2 Å². The van der Waals surface area contributed by atoms with Crippen LogP contribution in [0.3, 0.4) is 0 Å². The molecule has 1 aliphatic heterocycles. The van der Waals surface area contributed by atoms with Crippen LogP contribution in [0, 0.1) is 5.92 Å². The van der Waals surface area contributed by atoms with Gasteiger partial charge in [0.1, 0.15) is 0 Å². The third kappa shape index (κ3) is 4.00. The molecule has 0 aromatic heterocycles. The first kappa shape index (κ1) is 16.3. The Kier molecular flexibility index (Phi) is 5.41. The van der Waals surface area contributed by atoms with Gasteiger partial charge in [-0.3, -0.25) is 4.79 Å². The lowest BCUT2D eigenvalue weighted by atomic mass is 9.95. The Hall–Kier alpha value is -2.04. The van der Waals surface area contributed by atoms with E-state index < -0.39 is 0 Å². The van der Waals surface area contributed by atoms with E-state index in [4.69, 9.17) is 0 Å². The lowest BCUT2D eigenvalue weighted by Crippen LogP contribution is -2.46. The first-order valence-electron chi connectivity index (χ1n) is 7.80. The van der Waals surface area contributed by atoms with Gasteiger partial charge in [0, 0.05) is 33.1 Å². The number of hydrogen-bond acceptors (Lipinski definition) is 2.